The Morgan fingerprint density at radius 2 is 1.92 bits per heavy atom. The molecule has 2 N–H and O–H groups in total. The van der Waals surface area contributed by atoms with Crippen molar-refractivity contribution in [1.29, 1.82) is 0 Å². The average molecular weight is 360 g/mol. The summed E-state index contributed by atoms with van der Waals surface area (Å²) in [6, 6.07) is 3.14. The van der Waals surface area contributed by atoms with E-state index in [1.165, 1.54) is 18.8 Å². The Labute approximate surface area is 151 Å². The van der Waals surface area contributed by atoms with E-state index in [2.05, 4.69) is 11.9 Å². The highest BCUT2D eigenvalue weighted by Gasteiger charge is 2.23. The van der Waals surface area contributed by atoms with Gasteiger partial charge >= 0.3 is 0 Å². The van der Waals surface area contributed by atoms with Gasteiger partial charge in [0.1, 0.15) is 11.3 Å². The van der Waals surface area contributed by atoms with Crippen molar-refractivity contribution in [2.75, 3.05) is 20.8 Å². The number of aromatic nitrogens is 1. The lowest BCUT2D eigenvalue weighted by Gasteiger charge is -2.16. The molecule has 1 aromatic heterocycles. The fourth-order valence-electron chi connectivity index (χ4n) is 2.66. The second-order valence-corrected chi connectivity index (χ2v) is 6.26. The van der Waals surface area contributed by atoms with E-state index in [1.807, 2.05) is 13.8 Å². The Morgan fingerprint density at radius 1 is 1.31 bits per heavy atom. The van der Waals surface area contributed by atoms with Crippen LogP contribution in [-0.4, -0.2) is 36.3 Å². The maximum atomic E-state index is 12.9. The molecule has 0 saturated carbocycles. The van der Waals surface area contributed by atoms with E-state index in [0.717, 1.165) is 0 Å². The minimum Gasteiger partial charge on any atom is -0.506 e. The third kappa shape index (κ3) is 3.51. The van der Waals surface area contributed by atoms with E-state index >= 15 is 0 Å². The summed E-state index contributed by atoms with van der Waals surface area (Å²) >= 11 is 0. The minimum atomic E-state index is -0.615. The van der Waals surface area contributed by atoms with Crippen LogP contribution in [-0.2, 0) is 6.54 Å². The molecule has 0 spiro atoms. The van der Waals surface area contributed by atoms with Crippen LogP contribution in [0.3, 0.4) is 0 Å². The molecule has 0 aliphatic rings. The van der Waals surface area contributed by atoms with Crippen molar-refractivity contribution < 1.29 is 19.4 Å². The Bertz CT molecular complexity index is 899. The maximum Gasteiger partial charge on any atom is 0.268 e. The molecular formula is C19H24N2O5. The minimum absolute atomic E-state index is 0.176. The predicted octanol–water partition coefficient (Wildman–Crippen LogP) is 2.30. The average Bonchev–Trinajstić information content (AvgIpc) is 2.62. The van der Waals surface area contributed by atoms with Gasteiger partial charge in [0.2, 0.25) is 0 Å². The van der Waals surface area contributed by atoms with Crippen LogP contribution in [0.4, 0.5) is 0 Å². The van der Waals surface area contributed by atoms with Gasteiger partial charge in [0, 0.05) is 24.5 Å². The zero-order valence-corrected chi connectivity index (χ0v) is 15.5. The molecule has 1 amide bonds. The van der Waals surface area contributed by atoms with Crippen LogP contribution in [0.5, 0.6) is 17.2 Å². The number of pyridine rings is 1. The molecule has 0 fully saturated rings. The van der Waals surface area contributed by atoms with Crippen LogP contribution in [0.15, 0.2) is 29.6 Å². The van der Waals surface area contributed by atoms with Gasteiger partial charge in [0.25, 0.3) is 11.5 Å². The second kappa shape index (κ2) is 7.95. The van der Waals surface area contributed by atoms with Gasteiger partial charge in [0.05, 0.1) is 19.7 Å². The number of hydrogen-bond acceptors (Lipinski definition) is 5. The maximum absolute atomic E-state index is 12.9. The Balaban J connectivity index is 2.80. The second-order valence-electron chi connectivity index (χ2n) is 6.26. The highest BCUT2D eigenvalue weighted by atomic mass is 16.5. The van der Waals surface area contributed by atoms with Crippen LogP contribution < -0.4 is 20.3 Å². The number of carbonyl (C=O) groups excluding carboxylic acids is 1. The SMILES string of the molecule is C=CCn1c(=O)c(C(=O)NCC(C)C)c(O)c2cc(OC)c(OC)cc21. The van der Waals surface area contributed by atoms with Gasteiger partial charge < -0.3 is 24.5 Å². The number of hydrogen-bond donors (Lipinski definition) is 2. The normalized spacial score (nSPS) is 10.8. The Morgan fingerprint density at radius 3 is 2.46 bits per heavy atom. The van der Waals surface area contributed by atoms with E-state index in [4.69, 9.17) is 9.47 Å². The van der Waals surface area contributed by atoms with E-state index in [0.29, 0.717) is 28.9 Å². The van der Waals surface area contributed by atoms with Gasteiger partial charge in [-0.1, -0.05) is 19.9 Å². The zero-order valence-electron chi connectivity index (χ0n) is 15.5. The first-order valence-electron chi connectivity index (χ1n) is 8.26. The summed E-state index contributed by atoms with van der Waals surface area (Å²) < 4.78 is 11.9. The molecule has 7 heteroatoms. The third-order valence-electron chi connectivity index (χ3n) is 3.95. The number of nitrogens with one attached hydrogen (secondary N) is 1. The first-order valence-corrected chi connectivity index (χ1v) is 8.26. The molecule has 0 aliphatic carbocycles. The van der Waals surface area contributed by atoms with Crippen LogP contribution in [0.1, 0.15) is 24.2 Å². The van der Waals surface area contributed by atoms with E-state index < -0.39 is 11.5 Å². The number of aromatic hydroxyl groups is 1. The van der Waals surface area contributed by atoms with Crippen molar-refractivity contribution in [1.82, 2.24) is 9.88 Å². The number of nitrogens with zero attached hydrogens (tertiary/aromatic N) is 1. The van der Waals surface area contributed by atoms with Gasteiger partial charge in [-0.2, -0.15) is 0 Å². The molecule has 140 valence electrons. The number of rotatable bonds is 7. The van der Waals surface area contributed by atoms with E-state index in [-0.39, 0.29) is 23.8 Å². The molecule has 1 heterocycles. The van der Waals surface area contributed by atoms with Gasteiger partial charge in [-0.15, -0.1) is 6.58 Å². The van der Waals surface area contributed by atoms with Crippen molar-refractivity contribution in [3.8, 4) is 17.2 Å². The number of fused-ring (bicyclic) bond motifs is 1. The number of carbonyl (C=O) groups is 1. The van der Waals surface area contributed by atoms with Gasteiger partial charge in [-0.25, -0.2) is 0 Å². The summed E-state index contributed by atoms with van der Waals surface area (Å²) in [5.74, 6) is 0.00536. The molecule has 1 aromatic carbocycles. The summed E-state index contributed by atoms with van der Waals surface area (Å²) in [5, 5.41) is 13.6. The third-order valence-corrected chi connectivity index (χ3v) is 3.95. The smallest absolute Gasteiger partial charge is 0.268 e. The molecule has 0 saturated heterocycles. The quantitative estimate of drug-likeness (QED) is 0.740. The molecule has 26 heavy (non-hydrogen) atoms. The molecule has 7 nitrogen and oxygen atoms in total. The number of ether oxygens (including phenoxy) is 2. The van der Waals surface area contributed by atoms with Crippen molar-refractivity contribution in [3.05, 3.63) is 40.7 Å². The van der Waals surface area contributed by atoms with E-state index in [1.54, 1.807) is 18.2 Å². The van der Waals surface area contributed by atoms with E-state index in [9.17, 15) is 14.7 Å². The fraction of sp³-hybridized carbons (Fsp3) is 0.368. The Hall–Kier alpha value is -2.96. The predicted molar refractivity (Wildman–Crippen MR) is 100 cm³/mol. The summed E-state index contributed by atoms with van der Waals surface area (Å²) in [7, 11) is 2.95. The van der Waals surface area contributed by atoms with Crippen molar-refractivity contribution in [2.45, 2.75) is 20.4 Å². The summed E-state index contributed by atoms with van der Waals surface area (Å²) in [4.78, 5) is 25.4. The molecule has 2 rings (SSSR count). The molecule has 2 aromatic rings. The summed E-state index contributed by atoms with van der Waals surface area (Å²) in [5.41, 5.74) is -0.471. The number of methoxy groups -OCH3 is 2. The molecule has 0 unspecified atom stereocenters. The first kappa shape index (κ1) is 19.4. The molecule has 0 bridgehead atoms. The number of allylic oxidation sites excluding steroid dienone is 1. The fourth-order valence-corrected chi connectivity index (χ4v) is 2.66. The van der Waals surface area contributed by atoms with Crippen molar-refractivity contribution in [2.24, 2.45) is 5.92 Å². The largest absolute Gasteiger partial charge is 0.506 e. The number of amides is 1. The summed E-state index contributed by atoms with van der Waals surface area (Å²) in [6.45, 7) is 8.10. The van der Waals surface area contributed by atoms with Crippen LogP contribution in [0.2, 0.25) is 0 Å². The van der Waals surface area contributed by atoms with Gasteiger partial charge in [0.15, 0.2) is 11.5 Å². The Kier molecular flexibility index (Phi) is 5.92. The highest BCUT2D eigenvalue weighted by Crippen LogP contribution is 2.36. The van der Waals surface area contributed by atoms with Gasteiger partial charge in [-0.3, -0.25) is 9.59 Å². The van der Waals surface area contributed by atoms with Crippen molar-refractivity contribution in [3.63, 3.8) is 0 Å². The molecule has 0 atom stereocenters. The standard InChI is InChI=1S/C19H24N2O5/c1-6-7-21-13-9-15(26-5)14(25-4)8-12(13)17(22)16(19(21)24)18(23)20-10-11(2)3/h6,8-9,11,22H,1,7,10H2,2-5H3,(H,20,23). The lowest BCUT2D eigenvalue weighted by atomic mass is 10.1. The molecular weight excluding hydrogens is 336 g/mol. The summed E-state index contributed by atoms with van der Waals surface area (Å²) in [6.07, 6.45) is 1.55. The van der Waals surface area contributed by atoms with Crippen LogP contribution in [0, 0.1) is 5.92 Å². The highest BCUT2D eigenvalue weighted by molar-refractivity contribution is 6.03. The first-order chi connectivity index (χ1) is 12.3. The van der Waals surface area contributed by atoms with Crippen LogP contribution in [0.25, 0.3) is 10.9 Å². The monoisotopic (exact) mass is 360 g/mol. The van der Waals surface area contributed by atoms with Crippen LogP contribution >= 0.6 is 0 Å². The topological polar surface area (TPSA) is 89.8 Å². The zero-order chi connectivity index (χ0) is 19.4. The van der Waals surface area contributed by atoms with Crippen molar-refractivity contribution >= 4 is 16.8 Å². The lowest BCUT2D eigenvalue weighted by molar-refractivity contribution is 0.0944. The lowest BCUT2D eigenvalue weighted by Crippen LogP contribution is -2.35. The van der Waals surface area contributed by atoms with Gasteiger partial charge in [-0.05, 0) is 12.0 Å². The molecule has 0 aliphatic heterocycles. The molecule has 0 radical (unpaired) electrons. The number of benzene rings is 1.